The number of nitro groups is 1. The number of nitro benzene ring substituents is 1. The summed E-state index contributed by atoms with van der Waals surface area (Å²) in [6.45, 7) is 3.57. The Labute approximate surface area is 112 Å². The summed E-state index contributed by atoms with van der Waals surface area (Å²) in [4.78, 5) is 23.0. The summed E-state index contributed by atoms with van der Waals surface area (Å²) in [5.41, 5.74) is 3.48. The van der Waals surface area contributed by atoms with Crippen molar-refractivity contribution in [1.82, 2.24) is 4.90 Å². The zero-order valence-corrected chi connectivity index (χ0v) is 11.6. The van der Waals surface area contributed by atoms with E-state index in [-0.39, 0.29) is 10.6 Å². The lowest BCUT2D eigenvalue weighted by Gasteiger charge is -2.18. The molecule has 0 radical (unpaired) electrons. The Hall–Kier alpha value is -2.17. The first-order valence-electron chi connectivity index (χ1n) is 5.93. The number of carbonyl (C=O) groups excluding carboxylic acids is 1. The zero-order valence-electron chi connectivity index (χ0n) is 11.6. The third-order valence-corrected chi connectivity index (χ3v) is 3.06. The highest BCUT2D eigenvalue weighted by Gasteiger charge is 2.14. The van der Waals surface area contributed by atoms with Crippen molar-refractivity contribution in [1.29, 1.82) is 0 Å². The second-order valence-electron chi connectivity index (χ2n) is 4.69. The quantitative estimate of drug-likeness (QED) is 0.354. The summed E-state index contributed by atoms with van der Waals surface area (Å²) >= 11 is 0. The van der Waals surface area contributed by atoms with Crippen LogP contribution in [-0.2, 0) is 11.2 Å². The van der Waals surface area contributed by atoms with E-state index in [2.05, 4.69) is 0 Å². The predicted molar refractivity (Wildman–Crippen MR) is 74.1 cm³/mol. The van der Waals surface area contributed by atoms with Crippen LogP contribution in [0.1, 0.15) is 16.7 Å². The van der Waals surface area contributed by atoms with Gasteiger partial charge in [0.25, 0.3) is 5.69 Å². The molecule has 19 heavy (non-hydrogen) atoms. The monoisotopic (exact) mass is 262 g/mol. The smallest absolute Gasteiger partial charge is 0.272 e. The number of likely N-dealkylation sites (N-methyl/N-ethyl adjacent to an activating group) is 1. The van der Waals surface area contributed by atoms with Gasteiger partial charge in [-0.15, -0.1) is 0 Å². The molecule has 102 valence electrons. The summed E-state index contributed by atoms with van der Waals surface area (Å²) in [6.07, 6.45) is 2.84. The minimum absolute atomic E-state index is 0.132. The molecule has 0 unspecified atom stereocenters. The second-order valence-corrected chi connectivity index (χ2v) is 4.69. The SMILES string of the molecule is Cc1cc([N+](=O)[O-])c(C)cc1CC(=CC=O)N(C)C. The lowest BCUT2D eigenvalue weighted by atomic mass is 9.99. The molecular weight excluding hydrogens is 244 g/mol. The van der Waals surface area contributed by atoms with Crippen molar-refractivity contribution in [2.75, 3.05) is 14.1 Å². The molecule has 0 aliphatic heterocycles. The van der Waals surface area contributed by atoms with Crippen LogP contribution in [-0.4, -0.2) is 30.2 Å². The number of aryl methyl sites for hydroxylation is 2. The molecular formula is C14H18N2O3. The van der Waals surface area contributed by atoms with Crippen LogP contribution in [0.25, 0.3) is 0 Å². The highest BCUT2D eigenvalue weighted by atomic mass is 16.6. The minimum atomic E-state index is -0.375. The summed E-state index contributed by atoms with van der Waals surface area (Å²) in [5.74, 6) is 0. The lowest BCUT2D eigenvalue weighted by Crippen LogP contribution is -2.14. The third-order valence-electron chi connectivity index (χ3n) is 3.06. The van der Waals surface area contributed by atoms with Gasteiger partial charge < -0.3 is 4.90 Å². The zero-order chi connectivity index (χ0) is 14.6. The molecule has 0 aliphatic rings. The van der Waals surface area contributed by atoms with Crippen molar-refractivity contribution in [3.8, 4) is 0 Å². The average molecular weight is 262 g/mol. The van der Waals surface area contributed by atoms with Gasteiger partial charge in [0.15, 0.2) is 0 Å². The molecule has 0 aromatic heterocycles. The first-order chi connectivity index (χ1) is 8.86. The van der Waals surface area contributed by atoms with Gasteiger partial charge in [-0.3, -0.25) is 14.9 Å². The highest BCUT2D eigenvalue weighted by molar-refractivity contribution is 5.66. The van der Waals surface area contributed by atoms with Gasteiger partial charge in [-0.1, -0.05) is 0 Å². The Balaban J connectivity index is 3.16. The van der Waals surface area contributed by atoms with Crippen molar-refractivity contribution < 1.29 is 9.72 Å². The molecule has 0 bridgehead atoms. The molecule has 0 saturated carbocycles. The van der Waals surface area contributed by atoms with Gasteiger partial charge >= 0.3 is 0 Å². The van der Waals surface area contributed by atoms with E-state index in [9.17, 15) is 14.9 Å². The fourth-order valence-electron chi connectivity index (χ4n) is 1.89. The van der Waals surface area contributed by atoms with Gasteiger partial charge in [0.2, 0.25) is 0 Å². The molecule has 0 spiro atoms. The summed E-state index contributed by atoms with van der Waals surface area (Å²) < 4.78 is 0. The number of allylic oxidation sites excluding steroid dienone is 2. The van der Waals surface area contributed by atoms with E-state index in [1.807, 2.05) is 32.0 Å². The van der Waals surface area contributed by atoms with E-state index < -0.39 is 0 Å². The molecule has 0 fully saturated rings. The van der Waals surface area contributed by atoms with E-state index in [0.717, 1.165) is 23.1 Å². The summed E-state index contributed by atoms with van der Waals surface area (Å²) in [7, 11) is 3.73. The molecule has 0 atom stereocenters. The largest absolute Gasteiger partial charge is 0.381 e. The molecule has 0 amide bonds. The predicted octanol–water partition coefficient (Wildman–Crippen LogP) is 2.40. The number of nitrogens with zero attached hydrogens (tertiary/aromatic N) is 2. The van der Waals surface area contributed by atoms with Crippen LogP contribution < -0.4 is 0 Å². The maximum atomic E-state index is 10.9. The molecule has 1 aromatic carbocycles. The van der Waals surface area contributed by atoms with Crippen LogP contribution >= 0.6 is 0 Å². The van der Waals surface area contributed by atoms with Gasteiger partial charge in [-0.2, -0.15) is 0 Å². The Morgan fingerprint density at radius 3 is 2.42 bits per heavy atom. The van der Waals surface area contributed by atoms with Crippen molar-refractivity contribution in [2.45, 2.75) is 20.3 Å². The van der Waals surface area contributed by atoms with Crippen molar-refractivity contribution >= 4 is 12.0 Å². The van der Waals surface area contributed by atoms with Gasteiger partial charge in [-0.05, 0) is 37.1 Å². The molecule has 1 aromatic rings. The Morgan fingerprint density at radius 1 is 1.32 bits per heavy atom. The van der Waals surface area contributed by atoms with Crippen molar-refractivity contribution in [3.05, 3.63) is 50.7 Å². The van der Waals surface area contributed by atoms with Crippen LogP contribution in [0.4, 0.5) is 5.69 Å². The normalized spacial score (nSPS) is 11.3. The minimum Gasteiger partial charge on any atom is -0.381 e. The molecule has 5 heteroatoms. The molecule has 1 rings (SSSR count). The molecule has 5 nitrogen and oxygen atoms in total. The maximum absolute atomic E-state index is 10.9. The molecule has 0 aliphatic carbocycles. The number of hydrogen-bond acceptors (Lipinski definition) is 4. The van der Waals surface area contributed by atoms with Crippen molar-refractivity contribution in [3.63, 3.8) is 0 Å². The second kappa shape index (κ2) is 6.13. The Morgan fingerprint density at radius 2 is 1.95 bits per heavy atom. The van der Waals surface area contributed by atoms with Crippen LogP contribution in [0, 0.1) is 24.0 Å². The Kier molecular flexibility index (Phi) is 4.80. The highest BCUT2D eigenvalue weighted by Crippen LogP contribution is 2.24. The van der Waals surface area contributed by atoms with Crippen LogP contribution in [0.15, 0.2) is 23.9 Å². The summed E-state index contributed by atoms with van der Waals surface area (Å²) in [6, 6.07) is 3.40. The first kappa shape index (κ1) is 14.9. The number of hydrogen-bond donors (Lipinski definition) is 0. The van der Waals surface area contributed by atoms with E-state index in [1.165, 1.54) is 6.08 Å². The van der Waals surface area contributed by atoms with Crippen LogP contribution in [0.3, 0.4) is 0 Å². The fraction of sp³-hybridized carbons (Fsp3) is 0.357. The molecule has 0 heterocycles. The van der Waals surface area contributed by atoms with Crippen LogP contribution in [0.5, 0.6) is 0 Å². The molecule has 0 saturated heterocycles. The number of rotatable bonds is 5. The van der Waals surface area contributed by atoms with Crippen molar-refractivity contribution in [2.24, 2.45) is 0 Å². The summed E-state index contributed by atoms with van der Waals surface area (Å²) in [5, 5.41) is 10.9. The lowest BCUT2D eigenvalue weighted by molar-refractivity contribution is -0.385. The van der Waals surface area contributed by atoms with Gasteiger partial charge in [-0.25, -0.2) is 0 Å². The molecule has 0 N–H and O–H groups in total. The number of carbonyl (C=O) groups is 1. The van der Waals surface area contributed by atoms with E-state index in [0.29, 0.717) is 12.0 Å². The standard InChI is InChI=1S/C14H18N2O3/c1-10-8-14(16(18)19)11(2)7-12(10)9-13(5-6-17)15(3)4/h5-8H,9H2,1-4H3. The van der Waals surface area contributed by atoms with E-state index in [4.69, 9.17) is 0 Å². The van der Waals surface area contributed by atoms with Crippen LogP contribution in [0.2, 0.25) is 0 Å². The van der Waals surface area contributed by atoms with Gasteiger partial charge in [0.05, 0.1) is 4.92 Å². The third kappa shape index (κ3) is 3.64. The fourth-order valence-corrected chi connectivity index (χ4v) is 1.89. The topological polar surface area (TPSA) is 63.5 Å². The Bertz CT molecular complexity index is 534. The van der Waals surface area contributed by atoms with E-state index >= 15 is 0 Å². The maximum Gasteiger partial charge on any atom is 0.272 e. The number of benzene rings is 1. The van der Waals surface area contributed by atoms with Gasteiger partial charge in [0.1, 0.15) is 6.29 Å². The number of aldehydes is 1. The van der Waals surface area contributed by atoms with E-state index in [1.54, 1.807) is 13.0 Å². The first-order valence-corrected chi connectivity index (χ1v) is 5.93. The van der Waals surface area contributed by atoms with Gasteiger partial charge in [0, 0.05) is 37.8 Å². The average Bonchev–Trinajstić information content (AvgIpc) is 2.32.